The highest BCUT2D eigenvalue weighted by atomic mass is 35.5. The van der Waals surface area contributed by atoms with Gasteiger partial charge in [0.05, 0.1) is 26.0 Å². The molecule has 0 aliphatic rings. The lowest BCUT2D eigenvalue weighted by Crippen LogP contribution is -2.00. The molecule has 3 aromatic carbocycles. The minimum absolute atomic E-state index is 0.127. The number of ether oxygens (including phenoxy) is 1. The number of aromatic nitrogens is 2. The number of halogens is 2. The molecule has 0 bridgehead atoms. The Balaban J connectivity index is 1.63. The standard InChI is InChI=1S/C20H13Cl2N3O3/c21-14-7-5-12(9-15(14)22)11-28-19-8-6-13(10-18(19)25(26)27)20-23-16-3-1-2-4-17(16)24-20/h1-10H,11H2,(H,23,24). The van der Waals surface area contributed by atoms with Crippen LogP contribution in [0.5, 0.6) is 5.75 Å². The second-order valence-corrected chi connectivity index (χ2v) is 6.89. The molecule has 1 aromatic heterocycles. The Hall–Kier alpha value is -3.09. The van der Waals surface area contributed by atoms with Crippen LogP contribution in [0.3, 0.4) is 0 Å². The Kier molecular flexibility index (Phi) is 4.90. The van der Waals surface area contributed by atoms with Crippen LogP contribution in [0.4, 0.5) is 5.69 Å². The topological polar surface area (TPSA) is 81.0 Å². The SMILES string of the molecule is O=[N+]([O-])c1cc(-c2nc3ccccc3[nH]2)ccc1OCc1ccc(Cl)c(Cl)c1. The van der Waals surface area contributed by atoms with Crippen molar-refractivity contribution in [3.8, 4) is 17.1 Å². The first-order valence-corrected chi connectivity index (χ1v) is 9.07. The summed E-state index contributed by atoms with van der Waals surface area (Å²) >= 11 is 11.9. The van der Waals surface area contributed by atoms with Gasteiger partial charge in [-0.25, -0.2) is 4.98 Å². The zero-order valence-electron chi connectivity index (χ0n) is 14.4. The Morgan fingerprint density at radius 3 is 2.61 bits per heavy atom. The molecule has 4 aromatic rings. The van der Waals surface area contributed by atoms with E-state index in [-0.39, 0.29) is 18.0 Å². The number of hydrogen-bond donors (Lipinski definition) is 1. The molecule has 140 valence electrons. The molecule has 0 radical (unpaired) electrons. The van der Waals surface area contributed by atoms with Gasteiger partial charge in [0.2, 0.25) is 0 Å². The highest BCUT2D eigenvalue weighted by Crippen LogP contribution is 2.33. The van der Waals surface area contributed by atoms with Gasteiger partial charge < -0.3 is 9.72 Å². The number of fused-ring (bicyclic) bond motifs is 1. The number of nitrogens with one attached hydrogen (secondary N) is 1. The maximum Gasteiger partial charge on any atom is 0.311 e. The molecule has 0 aliphatic heterocycles. The van der Waals surface area contributed by atoms with Crippen LogP contribution in [-0.4, -0.2) is 14.9 Å². The number of nitro benzene ring substituents is 1. The van der Waals surface area contributed by atoms with Crippen LogP contribution >= 0.6 is 23.2 Å². The van der Waals surface area contributed by atoms with Crippen molar-refractivity contribution in [2.24, 2.45) is 0 Å². The van der Waals surface area contributed by atoms with Gasteiger partial charge in [-0.15, -0.1) is 0 Å². The van der Waals surface area contributed by atoms with E-state index in [9.17, 15) is 10.1 Å². The fraction of sp³-hybridized carbons (Fsp3) is 0.0500. The van der Waals surface area contributed by atoms with Crippen LogP contribution in [-0.2, 0) is 6.61 Å². The predicted molar refractivity (Wildman–Crippen MR) is 109 cm³/mol. The first-order chi connectivity index (χ1) is 13.5. The van der Waals surface area contributed by atoms with Gasteiger partial charge in [0.1, 0.15) is 12.4 Å². The number of benzene rings is 3. The average molecular weight is 414 g/mol. The number of nitro groups is 1. The van der Waals surface area contributed by atoms with Crippen LogP contribution in [0, 0.1) is 10.1 Å². The summed E-state index contributed by atoms with van der Waals surface area (Å²) < 4.78 is 5.66. The van der Waals surface area contributed by atoms with Crippen molar-refractivity contribution >= 4 is 39.9 Å². The summed E-state index contributed by atoms with van der Waals surface area (Å²) in [7, 11) is 0. The zero-order valence-corrected chi connectivity index (χ0v) is 15.9. The van der Waals surface area contributed by atoms with Gasteiger partial charge in [0.15, 0.2) is 5.75 Å². The van der Waals surface area contributed by atoms with E-state index in [0.29, 0.717) is 21.4 Å². The summed E-state index contributed by atoms with van der Waals surface area (Å²) in [6.07, 6.45) is 0. The van der Waals surface area contributed by atoms with E-state index in [4.69, 9.17) is 27.9 Å². The molecule has 4 rings (SSSR count). The van der Waals surface area contributed by atoms with Gasteiger partial charge in [-0.2, -0.15) is 0 Å². The lowest BCUT2D eigenvalue weighted by Gasteiger charge is -2.08. The molecule has 0 atom stereocenters. The number of nitrogens with zero attached hydrogens (tertiary/aromatic N) is 2. The smallest absolute Gasteiger partial charge is 0.311 e. The quantitative estimate of drug-likeness (QED) is 0.320. The summed E-state index contributed by atoms with van der Waals surface area (Å²) in [5, 5.41) is 12.4. The van der Waals surface area contributed by atoms with E-state index < -0.39 is 4.92 Å². The first kappa shape index (κ1) is 18.3. The molecule has 0 saturated carbocycles. The van der Waals surface area contributed by atoms with Crippen molar-refractivity contribution < 1.29 is 9.66 Å². The Morgan fingerprint density at radius 2 is 1.86 bits per heavy atom. The monoisotopic (exact) mass is 413 g/mol. The molecule has 8 heteroatoms. The predicted octanol–water partition coefficient (Wildman–Crippen LogP) is 6.02. The van der Waals surface area contributed by atoms with Crippen molar-refractivity contribution in [3.63, 3.8) is 0 Å². The third kappa shape index (κ3) is 3.65. The van der Waals surface area contributed by atoms with E-state index in [2.05, 4.69) is 9.97 Å². The zero-order chi connectivity index (χ0) is 19.7. The lowest BCUT2D eigenvalue weighted by atomic mass is 10.1. The molecule has 0 aliphatic carbocycles. The van der Waals surface area contributed by atoms with Crippen molar-refractivity contribution in [1.82, 2.24) is 9.97 Å². The van der Waals surface area contributed by atoms with Crippen LogP contribution in [0.15, 0.2) is 60.7 Å². The van der Waals surface area contributed by atoms with Gasteiger partial charge in [-0.3, -0.25) is 10.1 Å². The Labute approximate surface area is 169 Å². The molecule has 1 heterocycles. The van der Waals surface area contributed by atoms with E-state index >= 15 is 0 Å². The van der Waals surface area contributed by atoms with Crippen molar-refractivity contribution in [3.05, 3.63) is 86.4 Å². The molecule has 1 N–H and O–H groups in total. The van der Waals surface area contributed by atoms with E-state index in [0.717, 1.165) is 16.6 Å². The fourth-order valence-corrected chi connectivity index (χ4v) is 3.13. The average Bonchev–Trinajstić information content (AvgIpc) is 3.13. The molecular weight excluding hydrogens is 401 g/mol. The molecule has 0 spiro atoms. The molecule has 6 nitrogen and oxygen atoms in total. The molecule has 0 amide bonds. The number of para-hydroxylation sites is 2. The van der Waals surface area contributed by atoms with Crippen LogP contribution in [0.25, 0.3) is 22.4 Å². The Morgan fingerprint density at radius 1 is 1.04 bits per heavy atom. The minimum atomic E-state index is -0.476. The number of rotatable bonds is 5. The van der Waals surface area contributed by atoms with Crippen LogP contribution < -0.4 is 4.74 Å². The number of aromatic amines is 1. The maximum absolute atomic E-state index is 11.5. The Bertz CT molecular complexity index is 1160. The molecule has 0 saturated heterocycles. The van der Waals surface area contributed by atoms with Gasteiger partial charge in [0, 0.05) is 11.6 Å². The molecule has 0 fully saturated rings. The van der Waals surface area contributed by atoms with Gasteiger partial charge in [-0.1, -0.05) is 41.4 Å². The number of hydrogen-bond acceptors (Lipinski definition) is 4. The highest BCUT2D eigenvalue weighted by molar-refractivity contribution is 6.42. The summed E-state index contributed by atoms with van der Waals surface area (Å²) in [6, 6.07) is 17.4. The third-order valence-electron chi connectivity index (χ3n) is 4.20. The highest BCUT2D eigenvalue weighted by Gasteiger charge is 2.18. The van der Waals surface area contributed by atoms with Gasteiger partial charge in [0.25, 0.3) is 0 Å². The largest absolute Gasteiger partial charge is 0.482 e. The minimum Gasteiger partial charge on any atom is -0.482 e. The van der Waals surface area contributed by atoms with Crippen molar-refractivity contribution in [2.75, 3.05) is 0 Å². The second kappa shape index (κ2) is 7.50. The van der Waals surface area contributed by atoms with Gasteiger partial charge >= 0.3 is 5.69 Å². The van der Waals surface area contributed by atoms with E-state index in [1.165, 1.54) is 6.07 Å². The molecular formula is C20H13Cl2N3O3. The normalized spacial score (nSPS) is 10.9. The van der Waals surface area contributed by atoms with E-state index in [1.807, 2.05) is 24.3 Å². The van der Waals surface area contributed by atoms with Crippen molar-refractivity contribution in [1.29, 1.82) is 0 Å². The second-order valence-electron chi connectivity index (χ2n) is 6.08. The number of H-pyrrole nitrogens is 1. The van der Waals surface area contributed by atoms with Gasteiger partial charge in [-0.05, 0) is 42.0 Å². The summed E-state index contributed by atoms with van der Waals surface area (Å²) in [4.78, 5) is 18.7. The summed E-state index contributed by atoms with van der Waals surface area (Å²) in [5.74, 6) is 0.719. The summed E-state index contributed by atoms with van der Waals surface area (Å²) in [5.41, 5.74) is 2.87. The van der Waals surface area contributed by atoms with Crippen molar-refractivity contribution in [2.45, 2.75) is 6.61 Å². The lowest BCUT2D eigenvalue weighted by molar-refractivity contribution is -0.385. The molecule has 28 heavy (non-hydrogen) atoms. The first-order valence-electron chi connectivity index (χ1n) is 8.31. The van der Waals surface area contributed by atoms with Crippen LogP contribution in [0.2, 0.25) is 10.0 Å². The third-order valence-corrected chi connectivity index (χ3v) is 4.94. The fourth-order valence-electron chi connectivity index (χ4n) is 2.81. The number of imidazole rings is 1. The summed E-state index contributed by atoms with van der Waals surface area (Å²) in [6.45, 7) is 0.127. The molecule has 0 unspecified atom stereocenters. The van der Waals surface area contributed by atoms with Crippen LogP contribution in [0.1, 0.15) is 5.56 Å². The van der Waals surface area contributed by atoms with E-state index in [1.54, 1.807) is 30.3 Å². The maximum atomic E-state index is 11.5.